The summed E-state index contributed by atoms with van der Waals surface area (Å²) in [6.45, 7) is 5.56. The molecule has 0 aliphatic heterocycles. The third-order valence-electron chi connectivity index (χ3n) is 6.01. The van der Waals surface area contributed by atoms with E-state index in [-0.39, 0.29) is 10.8 Å². The molecule has 3 aromatic carbocycles. The van der Waals surface area contributed by atoms with Gasteiger partial charge in [0.2, 0.25) is 10.0 Å². The minimum atomic E-state index is -3.91. The summed E-state index contributed by atoms with van der Waals surface area (Å²) >= 11 is 0. The molecule has 180 valence electrons. The molecule has 0 unspecified atom stereocenters. The van der Waals surface area contributed by atoms with Crippen molar-refractivity contribution in [3.8, 4) is 0 Å². The summed E-state index contributed by atoms with van der Waals surface area (Å²) in [7, 11) is -3.91. The molecular formula is C28H29N3O3S. The average molecular weight is 488 g/mol. The normalized spacial score (nSPS) is 13.3. The second-order valence-corrected chi connectivity index (χ2v) is 10.5. The van der Waals surface area contributed by atoms with Crippen molar-refractivity contribution in [3.63, 3.8) is 0 Å². The molecule has 2 atom stereocenters. The monoisotopic (exact) mass is 487 g/mol. The summed E-state index contributed by atoms with van der Waals surface area (Å²) in [5, 5.41) is 4.40. The first-order chi connectivity index (χ1) is 16.7. The van der Waals surface area contributed by atoms with Crippen molar-refractivity contribution in [2.24, 2.45) is 5.92 Å². The number of nitrogens with zero attached hydrogens (tertiary/aromatic N) is 2. The zero-order chi connectivity index (χ0) is 25.0. The van der Waals surface area contributed by atoms with Gasteiger partial charge in [0.05, 0.1) is 22.5 Å². The van der Waals surface area contributed by atoms with Crippen molar-refractivity contribution in [1.29, 1.82) is 0 Å². The lowest BCUT2D eigenvalue weighted by molar-refractivity contribution is 0.0787. The Morgan fingerprint density at radius 1 is 0.886 bits per heavy atom. The zero-order valence-electron chi connectivity index (χ0n) is 20.0. The Morgan fingerprint density at radius 2 is 1.49 bits per heavy atom. The van der Waals surface area contributed by atoms with E-state index in [0.29, 0.717) is 17.7 Å². The Kier molecular flexibility index (Phi) is 7.28. The number of sulfonamides is 1. The molecule has 0 bridgehead atoms. The Hall–Kier alpha value is -3.55. The Bertz CT molecular complexity index is 1400. The maximum atomic E-state index is 13.9. The summed E-state index contributed by atoms with van der Waals surface area (Å²) in [5.41, 5.74) is 4.04. The fourth-order valence-electron chi connectivity index (χ4n) is 4.22. The number of aryl methyl sites for hydroxylation is 3. The van der Waals surface area contributed by atoms with E-state index >= 15 is 0 Å². The lowest BCUT2D eigenvalue weighted by Gasteiger charge is -2.28. The quantitative estimate of drug-likeness (QED) is 0.378. The number of aromatic nitrogens is 2. The molecule has 0 aliphatic carbocycles. The van der Waals surface area contributed by atoms with Gasteiger partial charge in [0.15, 0.2) is 0 Å². The minimum Gasteiger partial charge on any atom is -0.272 e. The van der Waals surface area contributed by atoms with Crippen LogP contribution in [0.4, 0.5) is 0 Å². The van der Waals surface area contributed by atoms with Gasteiger partial charge >= 0.3 is 0 Å². The van der Waals surface area contributed by atoms with Crippen molar-refractivity contribution in [1.82, 2.24) is 14.5 Å². The van der Waals surface area contributed by atoms with Crippen molar-refractivity contribution in [2.75, 3.05) is 0 Å². The number of carbonyl (C=O) groups excluding carboxylic acids is 1. The number of carbonyl (C=O) groups is 1. The molecule has 0 radical (unpaired) electrons. The predicted octanol–water partition coefficient (Wildman–Crippen LogP) is 5.03. The Labute approximate surface area is 206 Å². The van der Waals surface area contributed by atoms with Crippen LogP contribution in [-0.2, 0) is 16.4 Å². The minimum absolute atomic E-state index is 0.154. The van der Waals surface area contributed by atoms with Crippen molar-refractivity contribution >= 4 is 15.9 Å². The number of hydrogen-bond acceptors (Lipinski definition) is 4. The molecule has 1 aromatic heterocycles. The molecule has 35 heavy (non-hydrogen) atoms. The fraction of sp³-hybridized carbons (Fsp3) is 0.214. The van der Waals surface area contributed by atoms with Crippen molar-refractivity contribution in [3.05, 3.63) is 119 Å². The van der Waals surface area contributed by atoms with E-state index in [1.54, 1.807) is 24.3 Å². The first kappa shape index (κ1) is 24.6. The van der Waals surface area contributed by atoms with Gasteiger partial charge in [-0.2, -0.15) is 5.10 Å². The van der Waals surface area contributed by atoms with Gasteiger partial charge in [-0.25, -0.2) is 17.8 Å². The largest absolute Gasteiger partial charge is 0.272 e. The van der Waals surface area contributed by atoms with E-state index in [4.69, 9.17) is 0 Å². The van der Waals surface area contributed by atoms with Crippen LogP contribution in [-0.4, -0.2) is 24.1 Å². The van der Waals surface area contributed by atoms with Gasteiger partial charge in [0.25, 0.3) is 5.91 Å². The SMILES string of the molecule is Cc1ccc(S(=O)(=O)N[C@@H](c2ccccc2)[C@@H](Cc2ccccc2)C(=O)n2nc(C)cc2C)cc1. The molecule has 7 heteroatoms. The molecule has 0 amide bonds. The van der Waals surface area contributed by atoms with Crippen LogP contribution in [0.3, 0.4) is 0 Å². The van der Waals surface area contributed by atoms with Crippen molar-refractivity contribution in [2.45, 2.75) is 38.1 Å². The summed E-state index contributed by atoms with van der Waals surface area (Å²) < 4.78 is 31.2. The van der Waals surface area contributed by atoms with Crippen LogP contribution in [0.1, 0.15) is 38.9 Å². The number of hydrogen-bond donors (Lipinski definition) is 1. The van der Waals surface area contributed by atoms with Gasteiger partial charge in [0.1, 0.15) is 0 Å². The molecule has 0 saturated carbocycles. The topological polar surface area (TPSA) is 81.1 Å². The second-order valence-electron chi connectivity index (χ2n) is 8.80. The highest BCUT2D eigenvalue weighted by atomic mass is 32.2. The summed E-state index contributed by atoms with van der Waals surface area (Å²) in [6.07, 6.45) is 0.341. The summed E-state index contributed by atoms with van der Waals surface area (Å²) in [6, 6.07) is 26.6. The van der Waals surface area contributed by atoms with Gasteiger partial charge in [-0.3, -0.25) is 4.79 Å². The summed E-state index contributed by atoms with van der Waals surface area (Å²) in [4.78, 5) is 14.1. The molecule has 0 spiro atoms. The van der Waals surface area contributed by atoms with E-state index in [1.165, 1.54) is 4.68 Å². The smallest absolute Gasteiger partial charge is 0.252 e. The first-order valence-corrected chi connectivity index (χ1v) is 13.0. The van der Waals surface area contributed by atoms with Crippen LogP contribution in [0, 0.1) is 26.7 Å². The van der Waals surface area contributed by atoms with Crippen LogP contribution in [0.15, 0.2) is 95.9 Å². The molecule has 1 heterocycles. The highest BCUT2D eigenvalue weighted by Gasteiger charge is 2.35. The molecule has 0 fully saturated rings. The average Bonchev–Trinajstić information content (AvgIpc) is 3.20. The first-order valence-electron chi connectivity index (χ1n) is 11.5. The van der Waals surface area contributed by atoms with Crippen LogP contribution < -0.4 is 4.72 Å². The predicted molar refractivity (Wildman–Crippen MR) is 137 cm³/mol. The molecular weight excluding hydrogens is 458 g/mol. The molecule has 4 aromatic rings. The lowest BCUT2D eigenvalue weighted by atomic mass is 9.87. The highest BCUT2D eigenvalue weighted by molar-refractivity contribution is 7.89. The zero-order valence-corrected chi connectivity index (χ0v) is 20.9. The van der Waals surface area contributed by atoms with Crippen molar-refractivity contribution < 1.29 is 13.2 Å². The van der Waals surface area contributed by atoms with Crippen LogP contribution in [0.2, 0.25) is 0 Å². The van der Waals surface area contributed by atoms with E-state index in [2.05, 4.69) is 9.82 Å². The van der Waals surface area contributed by atoms with Crippen LogP contribution in [0.5, 0.6) is 0 Å². The summed E-state index contributed by atoms with van der Waals surface area (Å²) in [5.74, 6) is -1.00. The number of rotatable bonds is 8. The number of nitrogens with one attached hydrogen (secondary N) is 1. The standard InChI is InChI=1S/C28H29N3O3S/c1-20-14-16-25(17-15-20)35(33,34)30-27(24-12-8-5-9-13-24)26(19-23-10-6-4-7-11-23)28(32)31-22(3)18-21(2)29-31/h4-18,26-27,30H,19H2,1-3H3/t26-,27+/m1/s1. The van der Waals surface area contributed by atoms with Gasteiger partial charge in [-0.15, -0.1) is 0 Å². The Morgan fingerprint density at radius 3 is 2.06 bits per heavy atom. The lowest BCUT2D eigenvalue weighted by Crippen LogP contribution is -2.40. The third kappa shape index (κ3) is 5.75. The molecule has 1 N–H and O–H groups in total. The molecule has 6 nitrogen and oxygen atoms in total. The van der Waals surface area contributed by atoms with Gasteiger partial charge in [-0.05, 0) is 56.5 Å². The maximum absolute atomic E-state index is 13.9. The van der Waals surface area contributed by atoms with Crippen LogP contribution in [0.25, 0.3) is 0 Å². The fourth-order valence-corrected chi connectivity index (χ4v) is 5.49. The van der Waals surface area contributed by atoms with Gasteiger partial charge < -0.3 is 0 Å². The third-order valence-corrected chi connectivity index (χ3v) is 7.47. The molecule has 4 rings (SSSR count). The second kappa shape index (κ2) is 10.4. The van der Waals surface area contributed by atoms with Gasteiger partial charge in [0, 0.05) is 5.69 Å². The number of benzene rings is 3. The molecule has 0 aliphatic rings. The Balaban J connectivity index is 1.81. The van der Waals surface area contributed by atoms with E-state index in [9.17, 15) is 13.2 Å². The van der Waals surface area contributed by atoms with Gasteiger partial charge in [-0.1, -0.05) is 78.4 Å². The van der Waals surface area contributed by atoms with E-state index in [1.807, 2.05) is 87.5 Å². The van der Waals surface area contributed by atoms with E-state index in [0.717, 1.165) is 16.8 Å². The highest BCUT2D eigenvalue weighted by Crippen LogP contribution is 2.30. The maximum Gasteiger partial charge on any atom is 0.252 e. The van der Waals surface area contributed by atoms with Crippen LogP contribution >= 0.6 is 0 Å². The molecule has 0 saturated heterocycles. The van der Waals surface area contributed by atoms with E-state index < -0.39 is 22.0 Å².